The zero-order valence-corrected chi connectivity index (χ0v) is 7.00. The van der Waals surface area contributed by atoms with Gasteiger partial charge in [0.2, 0.25) is 0 Å². The molecule has 2 heteroatoms. The molecule has 0 aliphatic carbocycles. The third-order valence-corrected chi connectivity index (χ3v) is 1.88. The van der Waals surface area contributed by atoms with Crippen LogP contribution in [0.3, 0.4) is 0 Å². The summed E-state index contributed by atoms with van der Waals surface area (Å²) in [4.78, 5) is 0. The molecule has 0 atom stereocenters. The van der Waals surface area contributed by atoms with Crippen molar-refractivity contribution in [2.24, 2.45) is 0 Å². The lowest BCUT2D eigenvalue weighted by molar-refractivity contribution is 0.628. The molecule has 0 aliphatic rings. The van der Waals surface area contributed by atoms with E-state index in [-0.39, 0.29) is 28.9 Å². The van der Waals surface area contributed by atoms with E-state index >= 15 is 0 Å². The molecule has 2 aromatic carbocycles. The van der Waals surface area contributed by atoms with Crippen molar-refractivity contribution in [3.05, 3.63) is 60.4 Å². The lowest BCUT2D eigenvalue weighted by Gasteiger charge is -1.99. The van der Waals surface area contributed by atoms with Gasteiger partial charge in [-0.1, -0.05) is 36.4 Å². The fourth-order valence-electron chi connectivity index (χ4n) is 1.25. The van der Waals surface area contributed by atoms with Crippen LogP contribution in [0.1, 0.15) is 0 Å². The highest BCUT2D eigenvalue weighted by molar-refractivity contribution is 5.75. The van der Waals surface area contributed by atoms with Crippen molar-refractivity contribution in [3.63, 3.8) is 0 Å². The normalized spacial score (nSPS) is 9.21. The van der Waals surface area contributed by atoms with E-state index in [4.69, 9.17) is 0 Å². The Morgan fingerprint density at radius 3 is 2.29 bits per heavy atom. The highest BCUT2D eigenvalue weighted by Gasteiger charge is 1.96. The largest absolute Gasteiger partial charge is 0.316 e. The van der Waals surface area contributed by atoms with Gasteiger partial charge in [-0.2, -0.15) is 0 Å². The Balaban J connectivity index is 0.000000980. The molecule has 14 heavy (non-hydrogen) atoms. The van der Waals surface area contributed by atoms with Crippen LogP contribution in [-0.2, 0) is 0 Å². The molecule has 0 heterocycles. The van der Waals surface area contributed by atoms with Gasteiger partial charge < -0.3 is 0 Å². The minimum atomic E-state index is -0.203. The number of rotatable bonds is 1. The van der Waals surface area contributed by atoms with E-state index in [1.54, 1.807) is 6.07 Å². The number of hydrogen-bond donors (Lipinski definition) is 0. The van der Waals surface area contributed by atoms with Crippen LogP contribution in [0.25, 0.3) is 11.1 Å². The van der Waals surface area contributed by atoms with Gasteiger partial charge in [-0.05, 0) is 29.3 Å². The molecule has 0 bridgehead atoms. The van der Waals surface area contributed by atoms with Gasteiger partial charge in [-0.3, -0.25) is 0 Å². The van der Waals surface area contributed by atoms with Crippen molar-refractivity contribution >= 4 is 23.1 Å². The summed E-state index contributed by atoms with van der Waals surface area (Å²) in [6, 6.07) is 16.9. The average molecular weight is 198 g/mol. The first kappa shape index (κ1) is 11.2. The highest BCUT2D eigenvalue weighted by atomic mass is 24.3. The summed E-state index contributed by atoms with van der Waals surface area (Å²) in [5, 5.41) is 0. The molecule has 0 unspecified atom stereocenters. The molecule has 0 amide bonds. The monoisotopic (exact) mass is 197 g/mol. The maximum atomic E-state index is 12.8. The predicted octanol–water partition coefficient (Wildman–Crippen LogP) is 2.38. The molecular weight excluding hydrogens is 187 g/mol. The maximum absolute atomic E-state index is 12.8. The molecule has 0 aromatic heterocycles. The molecule has 0 fully saturated rings. The number of benzene rings is 2. The molecule has 2 rings (SSSR count). The van der Waals surface area contributed by atoms with Gasteiger partial charge in [0, 0.05) is 0 Å². The van der Waals surface area contributed by atoms with Gasteiger partial charge in [-0.15, -0.1) is 0 Å². The van der Waals surface area contributed by atoms with Crippen molar-refractivity contribution in [2.45, 2.75) is 0 Å². The molecule has 0 aliphatic heterocycles. The smallest absolute Gasteiger partial charge is 0.207 e. The fraction of sp³-hybridized carbons (Fsp3) is 0. The SMILES string of the molecule is Fc1cccc(-c2cc[c]cc2)c1.[MgH2]. The van der Waals surface area contributed by atoms with Gasteiger partial charge in [0.25, 0.3) is 0 Å². The lowest BCUT2D eigenvalue weighted by Crippen LogP contribution is -1.78. The number of halogens is 1. The van der Waals surface area contributed by atoms with E-state index in [0.29, 0.717) is 0 Å². The van der Waals surface area contributed by atoms with Gasteiger partial charge in [0.15, 0.2) is 0 Å². The second-order valence-electron chi connectivity index (χ2n) is 2.80. The summed E-state index contributed by atoms with van der Waals surface area (Å²) in [7, 11) is 0. The summed E-state index contributed by atoms with van der Waals surface area (Å²) in [5.41, 5.74) is 1.91. The van der Waals surface area contributed by atoms with Crippen LogP contribution >= 0.6 is 0 Å². The van der Waals surface area contributed by atoms with Crippen molar-refractivity contribution < 1.29 is 4.39 Å². The Labute approximate surface area is 98.9 Å². The summed E-state index contributed by atoms with van der Waals surface area (Å²) >= 11 is 0. The van der Waals surface area contributed by atoms with Crippen LogP contribution in [0, 0.1) is 11.9 Å². The topological polar surface area (TPSA) is 0 Å². The molecular formula is C12H10FMg. The number of hydrogen-bond acceptors (Lipinski definition) is 0. The first-order valence-electron chi connectivity index (χ1n) is 4.08. The molecule has 67 valence electrons. The minimum Gasteiger partial charge on any atom is -0.207 e. The lowest BCUT2D eigenvalue weighted by atomic mass is 10.1. The zero-order chi connectivity index (χ0) is 9.10. The Morgan fingerprint density at radius 1 is 0.929 bits per heavy atom. The van der Waals surface area contributed by atoms with Crippen LogP contribution < -0.4 is 0 Å². The summed E-state index contributed by atoms with van der Waals surface area (Å²) in [6.07, 6.45) is 0. The van der Waals surface area contributed by atoms with E-state index in [0.717, 1.165) is 11.1 Å². The van der Waals surface area contributed by atoms with Crippen LogP contribution in [-0.4, -0.2) is 23.1 Å². The Morgan fingerprint density at radius 2 is 1.64 bits per heavy atom. The van der Waals surface area contributed by atoms with Crippen molar-refractivity contribution in [1.82, 2.24) is 0 Å². The summed E-state index contributed by atoms with van der Waals surface area (Å²) < 4.78 is 12.8. The molecule has 2 aromatic rings. The van der Waals surface area contributed by atoms with Crippen molar-refractivity contribution in [2.75, 3.05) is 0 Å². The first-order valence-corrected chi connectivity index (χ1v) is 4.08. The third kappa shape index (κ3) is 2.56. The molecule has 0 saturated heterocycles. The van der Waals surface area contributed by atoms with Crippen molar-refractivity contribution in [3.8, 4) is 11.1 Å². The molecule has 0 N–H and O–H groups in total. The maximum Gasteiger partial charge on any atom is 0.316 e. The van der Waals surface area contributed by atoms with Crippen LogP contribution in [0.4, 0.5) is 4.39 Å². The summed E-state index contributed by atoms with van der Waals surface area (Å²) in [5.74, 6) is -0.203. The summed E-state index contributed by atoms with van der Waals surface area (Å²) in [6.45, 7) is 0. The van der Waals surface area contributed by atoms with Gasteiger partial charge >= 0.3 is 23.1 Å². The second kappa shape index (κ2) is 5.13. The van der Waals surface area contributed by atoms with E-state index in [1.807, 2.05) is 30.3 Å². The molecule has 0 spiro atoms. The molecule has 1 radical (unpaired) electrons. The van der Waals surface area contributed by atoms with Gasteiger partial charge in [0.05, 0.1) is 0 Å². The van der Waals surface area contributed by atoms with E-state index in [9.17, 15) is 4.39 Å². The quantitative estimate of drug-likeness (QED) is 0.616. The minimum absolute atomic E-state index is 0. The Kier molecular flexibility index (Phi) is 4.10. The molecule has 0 saturated carbocycles. The standard InChI is InChI=1S/C12H8F.Mg.2H/c13-12-8-4-7-11(9-12)10-5-2-1-3-6-10;;;/h2-9H;;;. The van der Waals surface area contributed by atoms with Gasteiger partial charge in [0.1, 0.15) is 5.82 Å². The average Bonchev–Trinajstić information content (AvgIpc) is 2.19. The second-order valence-corrected chi connectivity index (χ2v) is 2.80. The highest BCUT2D eigenvalue weighted by Crippen LogP contribution is 2.18. The van der Waals surface area contributed by atoms with E-state index in [2.05, 4.69) is 6.07 Å². The van der Waals surface area contributed by atoms with Crippen molar-refractivity contribution in [1.29, 1.82) is 0 Å². The Bertz CT molecular complexity index is 398. The fourth-order valence-corrected chi connectivity index (χ4v) is 1.25. The Hall–Kier alpha value is -0.864. The van der Waals surface area contributed by atoms with Crippen LogP contribution in [0.2, 0.25) is 0 Å². The zero-order valence-electron chi connectivity index (χ0n) is 7.00. The predicted molar refractivity (Wildman–Crippen MR) is 59.2 cm³/mol. The first-order chi connectivity index (χ1) is 6.36. The third-order valence-electron chi connectivity index (χ3n) is 1.88. The van der Waals surface area contributed by atoms with E-state index in [1.165, 1.54) is 12.1 Å². The van der Waals surface area contributed by atoms with Crippen LogP contribution in [0.5, 0.6) is 0 Å². The van der Waals surface area contributed by atoms with E-state index < -0.39 is 0 Å². The van der Waals surface area contributed by atoms with Crippen LogP contribution in [0.15, 0.2) is 48.5 Å². The molecule has 0 nitrogen and oxygen atoms in total. The van der Waals surface area contributed by atoms with Gasteiger partial charge in [-0.25, -0.2) is 4.39 Å².